The van der Waals surface area contributed by atoms with Crippen LogP contribution in [0.15, 0.2) is 0 Å². The molecule has 1 saturated heterocycles. The summed E-state index contributed by atoms with van der Waals surface area (Å²) in [4.78, 5) is 14.1. The molecule has 0 bridgehead atoms. The predicted octanol–water partition coefficient (Wildman–Crippen LogP) is 2.58. The maximum atomic E-state index is 12.0. The van der Waals surface area contributed by atoms with Crippen LogP contribution in [-0.2, 0) is 4.79 Å². The van der Waals surface area contributed by atoms with Gasteiger partial charge in [0.2, 0.25) is 5.91 Å². The molecule has 1 heterocycles. The molecule has 2 fully saturated rings. The van der Waals surface area contributed by atoms with Gasteiger partial charge in [-0.15, -0.1) is 0 Å². The van der Waals surface area contributed by atoms with Gasteiger partial charge in [-0.3, -0.25) is 4.79 Å². The zero-order chi connectivity index (χ0) is 9.80. The minimum absolute atomic E-state index is 0.398. The first-order chi connectivity index (χ1) is 6.88. The average molecular weight is 195 g/mol. The topological polar surface area (TPSA) is 20.3 Å². The van der Waals surface area contributed by atoms with Gasteiger partial charge in [0.1, 0.15) is 0 Å². The highest BCUT2D eigenvalue weighted by molar-refractivity contribution is 5.79. The zero-order valence-electron chi connectivity index (χ0n) is 9.00. The van der Waals surface area contributed by atoms with Crippen molar-refractivity contribution in [3.05, 3.63) is 0 Å². The summed E-state index contributed by atoms with van der Waals surface area (Å²) >= 11 is 0. The number of rotatable bonds is 1. The maximum Gasteiger partial charge on any atom is 0.225 e. The van der Waals surface area contributed by atoms with Crippen LogP contribution < -0.4 is 0 Å². The fourth-order valence-electron chi connectivity index (χ4n) is 2.38. The summed E-state index contributed by atoms with van der Waals surface area (Å²) in [6.07, 6.45) is 10.0. The number of nitrogens with zero attached hydrogens (tertiary/aromatic N) is 1. The van der Waals surface area contributed by atoms with Crippen molar-refractivity contribution in [2.24, 2.45) is 5.92 Å². The Morgan fingerprint density at radius 3 is 1.93 bits per heavy atom. The van der Waals surface area contributed by atoms with E-state index in [1.807, 2.05) is 0 Å². The van der Waals surface area contributed by atoms with Crippen LogP contribution in [0.5, 0.6) is 0 Å². The van der Waals surface area contributed by atoms with Crippen molar-refractivity contribution in [2.45, 2.75) is 51.4 Å². The summed E-state index contributed by atoms with van der Waals surface area (Å²) in [5.74, 6) is 0.854. The molecular weight excluding hydrogens is 174 g/mol. The van der Waals surface area contributed by atoms with Crippen molar-refractivity contribution in [1.82, 2.24) is 4.90 Å². The Hall–Kier alpha value is -0.530. The van der Waals surface area contributed by atoms with Gasteiger partial charge < -0.3 is 4.90 Å². The largest absolute Gasteiger partial charge is 0.342 e. The molecule has 14 heavy (non-hydrogen) atoms. The lowest BCUT2D eigenvalue weighted by atomic mass is 9.84. The monoisotopic (exact) mass is 195 g/mol. The average Bonchev–Trinajstić information content (AvgIpc) is 1.99. The Bertz CT molecular complexity index is 190. The first-order valence-corrected chi connectivity index (χ1v) is 6.17. The molecule has 2 rings (SSSR count). The minimum Gasteiger partial charge on any atom is -0.342 e. The van der Waals surface area contributed by atoms with Gasteiger partial charge >= 0.3 is 0 Å². The lowest BCUT2D eigenvalue weighted by Gasteiger charge is -2.32. The highest BCUT2D eigenvalue weighted by Crippen LogP contribution is 2.28. The van der Waals surface area contributed by atoms with Gasteiger partial charge in [0.25, 0.3) is 0 Å². The second-order valence-corrected chi connectivity index (χ2v) is 4.72. The number of amides is 1. The van der Waals surface area contributed by atoms with Crippen molar-refractivity contribution in [2.75, 3.05) is 13.1 Å². The molecule has 0 unspecified atom stereocenters. The Morgan fingerprint density at radius 1 is 0.857 bits per heavy atom. The lowest BCUT2D eigenvalue weighted by Crippen LogP contribution is -2.40. The Kier molecular flexibility index (Phi) is 3.44. The second-order valence-electron chi connectivity index (χ2n) is 4.72. The van der Waals surface area contributed by atoms with Crippen molar-refractivity contribution >= 4 is 5.91 Å². The molecule has 0 aromatic heterocycles. The standard InChI is InChI=1S/C12H21NO/c14-12(11-7-6-8-11)13-9-4-2-1-3-5-10-13/h11H,1-10H2. The second kappa shape index (κ2) is 4.81. The van der Waals surface area contributed by atoms with Crippen LogP contribution in [0, 0.1) is 5.92 Å². The van der Waals surface area contributed by atoms with E-state index < -0.39 is 0 Å². The van der Waals surface area contributed by atoms with Crippen LogP contribution in [0.25, 0.3) is 0 Å². The van der Waals surface area contributed by atoms with Crippen molar-refractivity contribution in [3.8, 4) is 0 Å². The van der Waals surface area contributed by atoms with E-state index >= 15 is 0 Å². The Balaban J connectivity index is 1.83. The third-order valence-corrected chi connectivity index (χ3v) is 3.62. The summed E-state index contributed by atoms with van der Waals surface area (Å²) in [6, 6.07) is 0. The van der Waals surface area contributed by atoms with E-state index in [0.717, 1.165) is 25.9 Å². The molecule has 0 aromatic carbocycles. The molecule has 0 aromatic rings. The van der Waals surface area contributed by atoms with Crippen LogP contribution in [0.2, 0.25) is 0 Å². The summed E-state index contributed by atoms with van der Waals surface area (Å²) in [5, 5.41) is 0. The fraction of sp³-hybridized carbons (Fsp3) is 0.917. The molecule has 2 aliphatic rings. The summed E-state index contributed by atoms with van der Waals surface area (Å²) in [6.45, 7) is 2.05. The number of hydrogen-bond donors (Lipinski definition) is 0. The van der Waals surface area contributed by atoms with Gasteiger partial charge in [0.05, 0.1) is 0 Å². The number of hydrogen-bond acceptors (Lipinski definition) is 1. The van der Waals surface area contributed by atoms with E-state index in [2.05, 4.69) is 4.90 Å². The molecule has 0 N–H and O–H groups in total. The van der Waals surface area contributed by atoms with Crippen molar-refractivity contribution in [1.29, 1.82) is 0 Å². The van der Waals surface area contributed by atoms with E-state index in [9.17, 15) is 4.79 Å². The van der Waals surface area contributed by atoms with Crippen LogP contribution in [0.1, 0.15) is 51.4 Å². The van der Waals surface area contributed by atoms with Gasteiger partial charge in [-0.25, -0.2) is 0 Å². The van der Waals surface area contributed by atoms with E-state index in [4.69, 9.17) is 0 Å². The highest BCUT2D eigenvalue weighted by Gasteiger charge is 2.29. The van der Waals surface area contributed by atoms with Crippen LogP contribution >= 0.6 is 0 Å². The van der Waals surface area contributed by atoms with Crippen LogP contribution in [-0.4, -0.2) is 23.9 Å². The van der Waals surface area contributed by atoms with Gasteiger partial charge in [0, 0.05) is 19.0 Å². The first-order valence-electron chi connectivity index (χ1n) is 6.17. The third-order valence-electron chi connectivity index (χ3n) is 3.62. The van der Waals surface area contributed by atoms with E-state index in [1.54, 1.807) is 0 Å². The smallest absolute Gasteiger partial charge is 0.225 e. The molecule has 1 saturated carbocycles. The minimum atomic E-state index is 0.398. The molecule has 1 aliphatic heterocycles. The normalized spacial score (nSPS) is 25.0. The SMILES string of the molecule is O=C(C1CCC1)N1CCCCCCC1. The molecule has 0 radical (unpaired) electrons. The molecule has 2 heteroatoms. The number of carbonyl (C=O) groups excluding carboxylic acids is 1. The van der Waals surface area contributed by atoms with Crippen molar-refractivity contribution in [3.63, 3.8) is 0 Å². The van der Waals surface area contributed by atoms with Gasteiger partial charge in [-0.2, -0.15) is 0 Å². The molecular formula is C12H21NO. The Labute approximate surface area is 86.7 Å². The number of likely N-dealkylation sites (tertiary alicyclic amines) is 1. The summed E-state index contributed by atoms with van der Waals surface area (Å²) < 4.78 is 0. The van der Waals surface area contributed by atoms with Crippen LogP contribution in [0.3, 0.4) is 0 Å². The van der Waals surface area contributed by atoms with Gasteiger partial charge in [0.15, 0.2) is 0 Å². The molecule has 1 aliphatic carbocycles. The summed E-state index contributed by atoms with van der Waals surface area (Å²) in [7, 11) is 0. The fourth-order valence-corrected chi connectivity index (χ4v) is 2.38. The van der Waals surface area contributed by atoms with E-state index in [1.165, 1.54) is 38.5 Å². The predicted molar refractivity (Wildman–Crippen MR) is 57.0 cm³/mol. The Morgan fingerprint density at radius 2 is 1.43 bits per heavy atom. The van der Waals surface area contributed by atoms with E-state index in [-0.39, 0.29) is 0 Å². The lowest BCUT2D eigenvalue weighted by molar-refractivity contribution is -0.138. The molecule has 2 nitrogen and oxygen atoms in total. The van der Waals surface area contributed by atoms with Gasteiger partial charge in [-0.1, -0.05) is 25.7 Å². The van der Waals surface area contributed by atoms with Crippen LogP contribution in [0.4, 0.5) is 0 Å². The summed E-state index contributed by atoms with van der Waals surface area (Å²) in [5.41, 5.74) is 0. The zero-order valence-corrected chi connectivity index (χ0v) is 9.00. The van der Waals surface area contributed by atoms with Crippen molar-refractivity contribution < 1.29 is 4.79 Å². The highest BCUT2D eigenvalue weighted by atomic mass is 16.2. The molecule has 80 valence electrons. The molecule has 1 amide bonds. The number of carbonyl (C=O) groups is 1. The quantitative estimate of drug-likeness (QED) is 0.629. The molecule has 0 atom stereocenters. The molecule has 0 spiro atoms. The van der Waals surface area contributed by atoms with Gasteiger partial charge in [-0.05, 0) is 25.7 Å². The van der Waals surface area contributed by atoms with E-state index in [0.29, 0.717) is 11.8 Å². The maximum absolute atomic E-state index is 12.0. The first kappa shape index (κ1) is 10.0. The third kappa shape index (κ3) is 2.28.